The largest absolute Gasteiger partial charge is 0.480 e. The highest BCUT2D eigenvalue weighted by Crippen LogP contribution is 2.28. The van der Waals surface area contributed by atoms with Gasteiger partial charge in [0.1, 0.15) is 6.04 Å². The van der Waals surface area contributed by atoms with Crippen LogP contribution < -0.4 is 10.0 Å². The van der Waals surface area contributed by atoms with E-state index in [1.54, 1.807) is 17.0 Å². The Morgan fingerprint density at radius 2 is 1.95 bits per heavy atom. The number of rotatable bonds is 3. The van der Waals surface area contributed by atoms with Crippen molar-refractivity contribution >= 4 is 21.7 Å². The fourth-order valence-corrected chi connectivity index (χ4v) is 3.03. The number of benzene rings is 1. The summed E-state index contributed by atoms with van der Waals surface area (Å²) in [5.41, 5.74) is 0.705. The molecule has 0 bridgehead atoms. The molecule has 0 radical (unpaired) electrons. The van der Waals surface area contributed by atoms with Crippen molar-refractivity contribution in [2.45, 2.75) is 30.7 Å². The molecule has 1 fully saturated rings. The summed E-state index contributed by atoms with van der Waals surface area (Å²) in [5.74, 6) is -0.483. The van der Waals surface area contributed by atoms with Gasteiger partial charge in [-0.3, -0.25) is 0 Å². The number of carboxylic acid groups (broad SMARTS) is 1. The van der Waals surface area contributed by atoms with E-state index in [2.05, 4.69) is 0 Å². The number of sulfonamides is 1. The summed E-state index contributed by atoms with van der Waals surface area (Å²) in [6.07, 6.45) is 1.51. The Kier molecular flexibility index (Phi) is 4.01. The van der Waals surface area contributed by atoms with E-state index in [1.165, 1.54) is 12.1 Å². The minimum Gasteiger partial charge on any atom is -0.480 e. The molecule has 1 aromatic carbocycles. The number of piperidine rings is 1. The van der Waals surface area contributed by atoms with Gasteiger partial charge in [-0.05, 0) is 43.0 Å². The molecule has 0 saturated carbocycles. The molecule has 6 nitrogen and oxygen atoms in total. The minimum absolute atomic E-state index is 0.0264. The van der Waals surface area contributed by atoms with Crippen LogP contribution in [0.4, 0.5) is 5.69 Å². The van der Waals surface area contributed by atoms with Crippen LogP contribution in [0.25, 0.3) is 0 Å². The highest BCUT2D eigenvalue weighted by molar-refractivity contribution is 7.89. The molecule has 1 aliphatic rings. The van der Waals surface area contributed by atoms with Gasteiger partial charge in [0.25, 0.3) is 0 Å². The molecule has 2 rings (SSSR count). The molecule has 3 N–H and O–H groups in total. The van der Waals surface area contributed by atoms with Crippen molar-refractivity contribution in [3.63, 3.8) is 0 Å². The summed E-state index contributed by atoms with van der Waals surface area (Å²) in [6, 6.07) is 5.44. The van der Waals surface area contributed by atoms with E-state index in [4.69, 9.17) is 5.14 Å². The molecule has 0 amide bonds. The third-order valence-electron chi connectivity index (χ3n) is 3.65. The molecule has 7 heteroatoms. The number of hydrogen-bond donors (Lipinski definition) is 2. The predicted octanol–water partition coefficient (Wildman–Crippen LogP) is 1.02. The molecule has 0 aromatic heterocycles. The lowest BCUT2D eigenvalue weighted by Gasteiger charge is -2.37. The van der Waals surface area contributed by atoms with Crippen LogP contribution in [0.2, 0.25) is 0 Å². The van der Waals surface area contributed by atoms with Gasteiger partial charge in [0.05, 0.1) is 4.90 Å². The lowest BCUT2D eigenvalue weighted by Crippen LogP contribution is -2.47. The molecule has 1 aliphatic heterocycles. The van der Waals surface area contributed by atoms with Gasteiger partial charge < -0.3 is 10.0 Å². The third-order valence-corrected chi connectivity index (χ3v) is 4.58. The molecule has 2 unspecified atom stereocenters. The normalized spacial score (nSPS) is 23.6. The number of hydrogen-bond acceptors (Lipinski definition) is 4. The molecule has 1 saturated heterocycles. The Morgan fingerprint density at radius 1 is 1.35 bits per heavy atom. The first-order chi connectivity index (χ1) is 9.29. The van der Waals surface area contributed by atoms with Gasteiger partial charge in [-0.25, -0.2) is 18.4 Å². The van der Waals surface area contributed by atoms with E-state index < -0.39 is 22.0 Å². The fourth-order valence-electron chi connectivity index (χ4n) is 2.51. The second-order valence-electron chi connectivity index (χ2n) is 5.22. The first-order valence-corrected chi connectivity index (χ1v) is 7.96. The number of carbonyl (C=O) groups is 1. The first-order valence-electron chi connectivity index (χ1n) is 6.41. The molecular weight excluding hydrogens is 280 g/mol. The van der Waals surface area contributed by atoms with Crippen molar-refractivity contribution < 1.29 is 18.3 Å². The number of aliphatic carboxylic acids is 1. The summed E-state index contributed by atoms with van der Waals surface area (Å²) in [6.45, 7) is 2.68. The van der Waals surface area contributed by atoms with E-state index in [0.29, 0.717) is 24.6 Å². The Morgan fingerprint density at radius 3 is 2.45 bits per heavy atom. The van der Waals surface area contributed by atoms with E-state index in [9.17, 15) is 18.3 Å². The number of anilines is 1. The van der Waals surface area contributed by atoms with Crippen LogP contribution in [0.15, 0.2) is 29.2 Å². The molecule has 0 spiro atoms. The van der Waals surface area contributed by atoms with E-state index in [0.717, 1.165) is 6.42 Å². The van der Waals surface area contributed by atoms with Gasteiger partial charge in [0.2, 0.25) is 10.0 Å². The van der Waals surface area contributed by atoms with Gasteiger partial charge in [-0.2, -0.15) is 0 Å². The van der Waals surface area contributed by atoms with Crippen LogP contribution in [-0.4, -0.2) is 32.1 Å². The predicted molar refractivity (Wildman–Crippen MR) is 75.0 cm³/mol. The summed E-state index contributed by atoms with van der Waals surface area (Å²) in [5, 5.41) is 14.4. The van der Waals surface area contributed by atoms with Crippen molar-refractivity contribution in [2.24, 2.45) is 11.1 Å². The van der Waals surface area contributed by atoms with Crippen LogP contribution >= 0.6 is 0 Å². The Balaban J connectivity index is 2.28. The van der Waals surface area contributed by atoms with Gasteiger partial charge in [0.15, 0.2) is 0 Å². The number of primary sulfonamides is 1. The molecule has 0 aliphatic carbocycles. The second-order valence-corrected chi connectivity index (χ2v) is 6.78. The standard InChI is InChI=1S/C13H18N2O4S/c1-9-6-7-15(12(8-9)13(16)17)10-2-4-11(5-3-10)20(14,18)19/h2-5,9,12H,6-8H2,1H3,(H,16,17)(H2,14,18,19). The molecule has 1 heterocycles. The summed E-state index contributed by atoms with van der Waals surface area (Å²) in [7, 11) is -3.72. The highest BCUT2D eigenvalue weighted by Gasteiger charge is 2.31. The number of carboxylic acids is 1. The minimum atomic E-state index is -3.72. The average Bonchev–Trinajstić information content (AvgIpc) is 2.37. The quantitative estimate of drug-likeness (QED) is 0.867. The van der Waals surface area contributed by atoms with Gasteiger partial charge in [-0.15, -0.1) is 0 Å². The maximum Gasteiger partial charge on any atom is 0.326 e. The lowest BCUT2D eigenvalue weighted by atomic mass is 9.92. The van der Waals surface area contributed by atoms with Crippen molar-refractivity contribution in [3.05, 3.63) is 24.3 Å². The zero-order chi connectivity index (χ0) is 14.9. The monoisotopic (exact) mass is 298 g/mol. The number of nitrogens with zero attached hydrogens (tertiary/aromatic N) is 1. The fraction of sp³-hybridized carbons (Fsp3) is 0.462. The Bertz CT molecular complexity index is 597. The maximum atomic E-state index is 11.4. The average molecular weight is 298 g/mol. The van der Waals surface area contributed by atoms with Crippen LogP contribution in [-0.2, 0) is 14.8 Å². The van der Waals surface area contributed by atoms with E-state index in [1.807, 2.05) is 6.92 Å². The number of nitrogens with two attached hydrogens (primary N) is 1. The van der Waals surface area contributed by atoms with Crippen LogP contribution in [0, 0.1) is 5.92 Å². The summed E-state index contributed by atoms with van der Waals surface area (Å²) < 4.78 is 22.4. The van der Waals surface area contributed by atoms with Crippen LogP contribution in [0.5, 0.6) is 0 Å². The zero-order valence-electron chi connectivity index (χ0n) is 11.2. The summed E-state index contributed by atoms with van der Waals surface area (Å²) in [4.78, 5) is 13.2. The van der Waals surface area contributed by atoms with Crippen molar-refractivity contribution in [2.75, 3.05) is 11.4 Å². The smallest absolute Gasteiger partial charge is 0.326 e. The van der Waals surface area contributed by atoms with Crippen molar-refractivity contribution in [1.29, 1.82) is 0 Å². The van der Waals surface area contributed by atoms with E-state index >= 15 is 0 Å². The first kappa shape index (κ1) is 14.8. The Hall–Kier alpha value is -1.60. The van der Waals surface area contributed by atoms with Crippen molar-refractivity contribution in [3.8, 4) is 0 Å². The topological polar surface area (TPSA) is 101 Å². The van der Waals surface area contributed by atoms with Crippen molar-refractivity contribution in [1.82, 2.24) is 0 Å². The Labute approximate surface area is 118 Å². The zero-order valence-corrected chi connectivity index (χ0v) is 12.0. The molecule has 2 atom stereocenters. The van der Waals surface area contributed by atoms with Gasteiger partial charge >= 0.3 is 5.97 Å². The maximum absolute atomic E-state index is 11.4. The molecule has 1 aromatic rings. The highest BCUT2D eigenvalue weighted by atomic mass is 32.2. The molecule has 110 valence electrons. The molecule has 20 heavy (non-hydrogen) atoms. The SMILES string of the molecule is CC1CCN(c2ccc(S(N)(=O)=O)cc2)C(C(=O)O)C1. The summed E-state index contributed by atoms with van der Waals surface area (Å²) >= 11 is 0. The van der Waals surface area contributed by atoms with Crippen LogP contribution in [0.1, 0.15) is 19.8 Å². The van der Waals surface area contributed by atoms with E-state index in [-0.39, 0.29) is 4.90 Å². The second kappa shape index (κ2) is 5.41. The van der Waals surface area contributed by atoms with Gasteiger partial charge in [-0.1, -0.05) is 6.92 Å². The molecular formula is C13H18N2O4S. The van der Waals surface area contributed by atoms with Crippen LogP contribution in [0.3, 0.4) is 0 Å². The van der Waals surface area contributed by atoms with Gasteiger partial charge in [0, 0.05) is 12.2 Å². The third kappa shape index (κ3) is 3.10. The lowest BCUT2D eigenvalue weighted by molar-refractivity contribution is -0.139.